The van der Waals surface area contributed by atoms with Crippen LogP contribution < -0.4 is 0 Å². The summed E-state index contributed by atoms with van der Waals surface area (Å²) in [5.41, 5.74) is 4.07. The fraction of sp³-hybridized carbons (Fsp3) is 0.400. The third-order valence-corrected chi connectivity index (χ3v) is 2.12. The first-order valence-corrected chi connectivity index (χ1v) is 5.91. The lowest BCUT2D eigenvalue weighted by Gasteiger charge is -2.06. The Morgan fingerprint density at radius 2 is 1.94 bits per heavy atom. The lowest BCUT2D eigenvalue weighted by Crippen LogP contribution is -2.11. The molecule has 0 heterocycles. The molecule has 0 radical (unpaired) electrons. The molecule has 0 fully saturated rings. The Balaban J connectivity index is 2.25. The van der Waals surface area contributed by atoms with Crippen LogP contribution in [-0.2, 0) is 11.3 Å². The van der Waals surface area contributed by atoms with Crippen molar-refractivity contribution in [3.05, 3.63) is 53.8 Å². The van der Waals surface area contributed by atoms with E-state index in [1.165, 1.54) is 0 Å². The molecule has 0 bridgehead atoms. The van der Waals surface area contributed by atoms with Crippen LogP contribution in [0.2, 0.25) is 0 Å². The number of rotatable bonds is 6. The quantitative estimate of drug-likeness (QED) is 0.764. The number of benzene rings is 1. The molecular formula is C15H20O2. The summed E-state index contributed by atoms with van der Waals surface area (Å²) >= 11 is 0. The van der Waals surface area contributed by atoms with Gasteiger partial charge in [0.25, 0.3) is 0 Å². The summed E-state index contributed by atoms with van der Waals surface area (Å²) in [7, 11) is 0. The van der Waals surface area contributed by atoms with Gasteiger partial charge in [-0.2, -0.15) is 0 Å². The molecular weight excluding hydrogens is 212 g/mol. The van der Waals surface area contributed by atoms with Crippen LogP contribution in [-0.4, -0.2) is 17.8 Å². The fourth-order valence-electron chi connectivity index (χ4n) is 1.28. The molecule has 2 nitrogen and oxygen atoms in total. The third-order valence-electron chi connectivity index (χ3n) is 2.12. The summed E-state index contributed by atoms with van der Waals surface area (Å²) < 4.78 is 5.40. The molecule has 0 aliphatic heterocycles. The van der Waals surface area contributed by atoms with E-state index in [4.69, 9.17) is 4.74 Å². The normalized spacial score (nSPS) is 12.0. The molecule has 1 aromatic rings. The van der Waals surface area contributed by atoms with Gasteiger partial charge in [-0.15, -0.1) is 5.73 Å². The van der Waals surface area contributed by atoms with Crippen molar-refractivity contribution in [3.8, 4) is 0 Å². The van der Waals surface area contributed by atoms with Gasteiger partial charge in [0, 0.05) is 0 Å². The van der Waals surface area contributed by atoms with Crippen molar-refractivity contribution < 1.29 is 9.84 Å². The predicted molar refractivity (Wildman–Crippen MR) is 69.6 cm³/mol. The topological polar surface area (TPSA) is 29.5 Å². The standard InChI is InChI=1S/C15H20O2/c1-13(2)7-6-10-15(16)12-17-11-14-8-4-3-5-9-14/h3-5,7-10,13,15-16H,11-12H2,1-2H3/t6?,15-/m1/s1. The van der Waals surface area contributed by atoms with Gasteiger partial charge in [-0.25, -0.2) is 0 Å². The molecule has 1 aromatic carbocycles. The van der Waals surface area contributed by atoms with E-state index in [0.29, 0.717) is 19.1 Å². The molecule has 2 heteroatoms. The minimum absolute atomic E-state index is 0.299. The molecule has 0 saturated heterocycles. The Hall–Kier alpha value is -1.34. The summed E-state index contributed by atoms with van der Waals surface area (Å²) in [6.45, 7) is 4.96. The maximum Gasteiger partial charge on any atom is 0.103 e. The molecule has 0 aromatic heterocycles. The summed E-state index contributed by atoms with van der Waals surface area (Å²) in [5.74, 6) is 0.448. The minimum Gasteiger partial charge on any atom is -0.386 e. The molecule has 0 aliphatic carbocycles. The van der Waals surface area contributed by atoms with Crippen LogP contribution in [0.15, 0.2) is 48.2 Å². The second-order valence-corrected chi connectivity index (χ2v) is 4.31. The zero-order valence-electron chi connectivity index (χ0n) is 10.5. The van der Waals surface area contributed by atoms with Crippen molar-refractivity contribution in [2.75, 3.05) is 6.61 Å². The lowest BCUT2D eigenvalue weighted by molar-refractivity contribution is 0.0504. The van der Waals surface area contributed by atoms with Gasteiger partial charge >= 0.3 is 0 Å². The van der Waals surface area contributed by atoms with Crippen LogP contribution in [0.4, 0.5) is 0 Å². The highest BCUT2D eigenvalue weighted by atomic mass is 16.5. The van der Waals surface area contributed by atoms with Crippen molar-refractivity contribution in [2.45, 2.75) is 26.6 Å². The van der Waals surface area contributed by atoms with E-state index < -0.39 is 6.10 Å². The number of hydrogen-bond donors (Lipinski definition) is 1. The molecule has 0 amide bonds. The van der Waals surface area contributed by atoms with E-state index in [9.17, 15) is 5.11 Å². The number of ether oxygens (including phenoxy) is 1. The largest absolute Gasteiger partial charge is 0.386 e. The van der Waals surface area contributed by atoms with Gasteiger partial charge in [0.2, 0.25) is 0 Å². The van der Waals surface area contributed by atoms with Crippen LogP contribution in [0.3, 0.4) is 0 Å². The van der Waals surface area contributed by atoms with Gasteiger partial charge in [0.05, 0.1) is 13.2 Å². The molecule has 0 unspecified atom stereocenters. The van der Waals surface area contributed by atoms with E-state index >= 15 is 0 Å². The van der Waals surface area contributed by atoms with E-state index in [-0.39, 0.29) is 0 Å². The van der Waals surface area contributed by atoms with Crippen molar-refractivity contribution in [1.29, 1.82) is 0 Å². The number of hydrogen-bond acceptors (Lipinski definition) is 2. The summed E-state index contributed by atoms with van der Waals surface area (Å²) in [6.07, 6.45) is 2.96. The van der Waals surface area contributed by atoms with Crippen LogP contribution in [0.1, 0.15) is 19.4 Å². The van der Waals surface area contributed by atoms with Crippen molar-refractivity contribution in [3.63, 3.8) is 0 Å². The minimum atomic E-state index is -0.589. The summed E-state index contributed by atoms with van der Waals surface area (Å²) in [5, 5.41) is 9.58. The van der Waals surface area contributed by atoms with Crippen LogP contribution in [0, 0.1) is 5.92 Å². The highest BCUT2D eigenvalue weighted by molar-refractivity contribution is 5.13. The molecule has 0 saturated carbocycles. The summed E-state index contributed by atoms with van der Waals surface area (Å²) in [6, 6.07) is 9.92. The number of aliphatic hydroxyl groups excluding tert-OH is 1. The highest BCUT2D eigenvalue weighted by Gasteiger charge is 1.98. The van der Waals surface area contributed by atoms with Crippen molar-refractivity contribution in [1.82, 2.24) is 0 Å². The van der Waals surface area contributed by atoms with Crippen LogP contribution in [0.25, 0.3) is 0 Å². The Kier molecular flexibility index (Phi) is 6.34. The van der Waals surface area contributed by atoms with Gasteiger partial charge in [-0.05, 0) is 23.6 Å². The molecule has 1 rings (SSSR count). The Morgan fingerprint density at radius 3 is 2.59 bits per heavy atom. The fourth-order valence-corrected chi connectivity index (χ4v) is 1.28. The zero-order chi connectivity index (χ0) is 12.5. The van der Waals surface area contributed by atoms with E-state index in [1.807, 2.05) is 36.4 Å². The van der Waals surface area contributed by atoms with Gasteiger partial charge in [0.1, 0.15) is 6.10 Å². The van der Waals surface area contributed by atoms with Crippen LogP contribution in [0.5, 0.6) is 0 Å². The first kappa shape index (κ1) is 13.7. The van der Waals surface area contributed by atoms with Gasteiger partial charge in [-0.3, -0.25) is 0 Å². The third kappa shape index (κ3) is 6.75. The average molecular weight is 232 g/mol. The second kappa shape index (κ2) is 7.86. The summed E-state index contributed by atoms with van der Waals surface area (Å²) in [4.78, 5) is 0. The van der Waals surface area contributed by atoms with Crippen LogP contribution >= 0.6 is 0 Å². The van der Waals surface area contributed by atoms with E-state index in [1.54, 1.807) is 6.08 Å². The first-order valence-electron chi connectivity index (χ1n) is 5.91. The smallest absolute Gasteiger partial charge is 0.103 e. The Labute approximate surface area is 103 Å². The number of aliphatic hydroxyl groups is 1. The van der Waals surface area contributed by atoms with E-state index in [2.05, 4.69) is 19.6 Å². The Bertz CT molecular complexity index is 362. The molecule has 1 atom stereocenters. The van der Waals surface area contributed by atoms with Gasteiger partial charge < -0.3 is 9.84 Å². The second-order valence-electron chi connectivity index (χ2n) is 4.31. The molecule has 0 spiro atoms. The zero-order valence-corrected chi connectivity index (χ0v) is 10.5. The Morgan fingerprint density at radius 1 is 1.24 bits per heavy atom. The highest BCUT2D eigenvalue weighted by Crippen LogP contribution is 2.01. The SMILES string of the molecule is CC(C)C=C=C[C@@H](O)COCc1ccccc1. The van der Waals surface area contributed by atoms with Gasteiger partial charge in [0.15, 0.2) is 0 Å². The van der Waals surface area contributed by atoms with Crippen molar-refractivity contribution >= 4 is 0 Å². The van der Waals surface area contributed by atoms with Crippen molar-refractivity contribution in [2.24, 2.45) is 5.92 Å². The monoisotopic (exact) mass is 232 g/mol. The predicted octanol–water partition coefficient (Wildman–Crippen LogP) is 2.93. The molecule has 17 heavy (non-hydrogen) atoms. The average Bonchev–Trinajstić information content (AvgIpc) is 2.30. The first-order chi connectivity index (χ1) is 8.18. The molecule has 0 aliphatic rings. The molecule has 1 N–H and O–H groups in total. The maximum absolute atomic E-state index is 9.58. The van der Waals surface area contributed by atoms with Gasteiger partial charge in [-0.1, -0.05) is 44.2 Å². The maximum atomic E-state index is 9.58. The lowest BCUT2D eigenvalue weighted by atomic mass is 10.2. The molecule has 92 valence electrons. The van der Waals surface area contributed by atoms with E-state index in [0.717, 1.165) is 5.56 Å².